The third-order valence-electron chi connectivity index (χ3n) is 1.51. The summed E-state index contributed by atoms with van der Waals surface area (Å²) in [7, 11) is -3.83. The summed E-state index contributed by atoms with van der Waals surface area (Å²) >= 11 is 0. The molecule has 0 aromatic carbocycles. The summed E-state index contributed by atoms with van der Waals surface area (Å²) in [5, 5.41) is 0. The Labute approximate surface area is 73.5 Å². The van der Waals surface area contributed by atoms with Crippen molar-refractivity contribution < 1.29 is 18.5 Å². The van der Waals surface area contributed by atoms with Crippen molar-refractivity contribution in [2.75, 3.05) is 6.61 Å². The molecule has 0 rings (SSSR count). The van der Waals surface area contributed by atoms with Crippen LogP contribution in [0.3, 0.4) is 0 Å². The first-order valence-electron chi connectivity index (χ1n) is 4.01. The third-order valence-corrected chi connectivity index (χ3v) is 2.82. The topological polar surface area (TPSA) is 55.8 Å². The van der Waals surface area contributed by atoms with Gasteiger partial charge in [-0.3, -0.25) is 9.05 Å². The minimum atomic E-state index is -3.83. The maximum absolute atomic E-state index is 11.1. The molecule has 0 aliphatic rings. The lowest BCUT2D eigenvalue weighted by molar-refractivity contribution is 0.0478. The van der Waals surface area contributed by atoms with E-state index >= 15 is 0 Å². The van der Waals surface area contributed by atoms with E-state index in [-0.39, 0.29) is 6.61 Å². The largest absolute Gasteiger partial charge is 0.472 e. The van der Waals surface area contributed by atoms with Gasteiger partial charge in [0.25, 0.3) is 0 Å². The monoisotopic (exact) mass is 196 g/mol. The van der Waals surface area contributed by atoms with Crippen molar-refractivity contribution in [1.29, 1.82) is 0 Å². The van der Waals surface area contributed by atoms with E-state index in [2.05, 4.69) is 4.52 Å². The van der Waals surface area contributed by atoms with Gasteiger partial charge in [-0.15, -0.1) is 0 Å². The van der Waals surface area contributed by atoms with Crippen LogP contribution < -0.4 is 0 Å². The molecule has 0 amide bonds. The zero-order valence-corrected chi connectivity index (χ0v) is 8.93. The van der Waals surface area contributed by atoms with Crippen LogP contribution in [0.1, 0.15) is 34.1 Å². The summed E-state index contributed by atoms with van der Waals surface area (Å²) in [5.74, 6) is 0. The SMILES string of the molecule is CCOP(=O)(O)OC(C)(C)CC. The van der Waals surface area contributed by atoms with E-state index in [1.165, 1.54) is 0 Å². The van der Waals surface area contributed by atoms with Gasteiger partial charge in [-0.1, -0.05) is 6.92 Å². The van der Waals surface area contributed by atoms with Gasteiger partial charge in [0.1, 0.15) is 0 Å². The van der Waals surface area contributed by atoms with Crippen LogP contribution in [-0.4, -0.2) is 17.1 Å². The Hall–Kier alpha value is 0.110. The molecule has 0 aromatic heterocycles. The van der Waals surface area contributed by atoms with Gasteiger partial charge in [0.05, 0.1) is 12.2 Å². The van der Waals surface area contributed by atoms with Crippen molar-refractivity contribution in [2.45, 2.75) is 39.7 Å². The molecule has 12 heavy (non-hydrogen) atoms. The quantitative estimate of drug-likeness (QED) is 0.685. The van der Waals surface area contributed by atoms with Gasteiger partial charge in [0.2, 0.25) is 0 Å². The number of phosphoric acid groups is 1. The zero-order valence-electron chi connectivity index (χ0n) is 8.03. The Morgan fingerprint density at radius 2 is 1.92 bits per heavy atom. The minimum Gasteiger partial charge on any atom is -0.302 e. The van der Waals surface area contributed by atoms with Crippen molar-refractivity contribution >= 4 is 7.82 Å². The zero-order chi connectivity index (χ0) is 9.83. The van der Waals surface area contributed by atoms with Gasteiger partial charge in [0.15, 0.2) is 0 Å². The highest BCUT2D eigenvalue weighted by molar-refractivity contribution is 7.47. The average molecular weight is 196 g/mol. The Morgan fingerprint density at radius 3 is 2.25 bits per heavy atom. The lowest BCUT2D eigenvalue weighted by Gasteiger charge is -2.25. The predicted octanol–water partition coefficient (Wildman–Crippen LogP) is 2.33. The maximum atomic E-state index is 11.1. The molecular formula is C7H17O4P. The fraction of sp³-hybridized carbons (Fsp3) is 1.00. The first-order chi connectivity index (χ1) is 5.33. The molecule has 0 heterocycles. The molecule has 0 radical (unpaired) electrons. The van der Waals surface area contributed by atoms with E-state index in [4.69, 9.17) is 9.42 Å². The van der Waals surface area contributed by atoms with Crippen molar-refractivity contribution in [3.8, 4) is 0 Å². The summed E-state index contributed by atoms with van der Waals surface area (Å²) in [6.45, 7) is 7.19. The molecule has 74 valence electrons. The van der Waals surface area contributed by atoms with E-state index < -0.39 is 13.4 Å². The van der Waals surface area contributed by atoms with Gasteiger partial charge in [-0.25, -0.2) is 4.57 Å². The maximum Gasteiger partial charge on any atom is 0.472 e. The van der Waals surface area contributed by atoms with Crippen molar-refractivity contribution in [3.05, 3.63) is 0 Å². The molecule has 5 heteroatoms. The van der Waals surface area contributed by atoms with Crippen LogP contribution in [0.15, 0.2) is 0 Å². The van der Waals surface area contributed by atoms with Crippen LogP contribution >= 0.6 is 7.82 Å². The molecule has 0 fully saturated rings. The van der Waals surface area contributed by atoms with Crippen LogP contribution in [0, 0.1) is 0 Å². The second-order valence-electron chi connectivity index (χ2n) is 3.09. The van der Waals surface area contributed by atoms with Gasteiger partial charge in [0, 0.05) is 0 Å². The predicted molar refractivity (Wildman–Crippen MR) is 46.9 cm³/mol. The van der Waals surface area contributed by atoms with Crippen LogP contribution in [0.2, 0.25) is 0 Å². The minimum absolute atomic E-state index is 0.174. The van der Waals surface area contributed by atoms with Crippen LogP contribution in [0.25, 0.3) is 0 Å². The molecule has 0 aliphatic carbocycles. The summed E-state index contributed by atoms with van der Waals surface area (Å²) < 4.78 is 20.6. The molecule has 1 unspecified atom stereocenters. The van der Waals surface area contributed by atoms with Gasteiger partial charge >= 0.3 is 7.82 Å². The van der Waals surface area contributed by atoms with E-state index in [1.807, 2.05) is 6.92 Å². The highest BCUT2D eigenvalue weighted by Gasteiger charge is 2.29. The number of rotatable bonds is 5. The lowest BCUT2D eigenvalue weighted by atomic mass is 10.1. The number of phosphoric ester groups is 1. The molecule has 1 atom stereocenters. The summed E-state index contributed by atoms with van der Waals surface area (Å²) in [6, 6.07) is 0. The first kappa shape index (κ1) is 12.1. The Kier molecular flexibility index (Phi) is 4.42. The van der Waals surface area contributed by atoms with E-state index in [0.29, 0.717) is 6.42 Å². The summed E-state index contributed by atoms with van der Waals surface area (Å²) in [6.07, 6.45) is 0.657. The van der Waals surface area contributed by atoms with Crippen molar-refractivity contribution in [1.82, 2.24) is 0 Å². The second kappa shape index (κ2) is 4.38. The number of hydrogen-bond acceptors (Lipinski definition) is 3. The Balaban J connectivity index is 4.14. The Morgan fingerprint density at radius 1 is 1.42 bits per heavy atom. The van der Waals surface area contributed by atoms with Gasteiger partial charge in [-0.2, -0.15) is 0 Å². The molecule has 0 bridgehead atoms. The van der Waals surface area contributed by atoms with Crippen molar-refractivity contribution in [2.24, 2.45) is 0 Å². The van der Waals surface area contributed by atoms with Crippen molar-refractivity contribution in [3.63, 3.8) is 0 Å². The highest BCUT2D eigenvalue weighted by Crippen LogP contribution is 2.47. The Bertz CT molecular complexity index is 178. The molecule has 1 N–H and O–H groups in total. The molecular weight excluding hydrogens is 179 g/mol. The van der Waals surface area contributed by atoms with Crippen LogP contribution in [0.4, 0.5) is 0 Å². The molecule has 4 nitrogen and oxygen atoms in total. The normalized spacial score (nSPS) is 17.4. The smallest absolute Gasteiger partial charge is 0.302 e. The highest BCUT2D eigenvalue weighted by atomic mass is 31.2. The second-order valence-corrected chi connectivity index (χ2v) is 4.47. The standard InChI is InChI=1S/C7H17O4P/c1-5-7(3,4)11-12(8,9)10-6-2/h5-6H2,1-4H3,(H,8,9). The van der Waals surface area contributed by atoms with Crippen LogP contribution in [0.5, 0.6) is 0 Å². The fourth-order valence-corrected chi connectivity index (χ4v) is 1.70. The molecule has 0 spiro atoms. The lowest BCUT2D eigenvalue weighted by Crippen LogP contribution is -2.21. The number of hydrogen-bond donors (Lipinski definition) is 1. The molecule has 0 aromatic rings. The van der Waals surface area contributed by atoms with E-state index in [9.17, 15) is 4.57 Å². The molecule has 0 saturated heterocycles. The molecule has 0 saturated carbocycles. The van der Waals surface area contributed by atoms with E-state index in [1.54, 1.807) is 20.8 Å². The first-order valence-corrected chi connectivity index (χ1v) is 5.50. The summed E-state index contributed by atoms with van der Waals surface area (Å²) in [5.41, 5.74) is -0.612. The molecule has 0 aliphatic heterocycles. The third kappa shape index (κ3) is 4.88. The van der Waals surface area contributed by atoms with Gasteiger partial charge in [-0.05, 0) is 27.2 Å². The summed E-state index contributed by atoms with van der Waals surface area (Å²) in [4.78, 5) is 9.09. The fourth-order valence-electron chi connectivity index (χ4n) is 0.566. The van der Waals surface area contributed by atoms with Gasteiger partial charge < -0.3 is 4.89 Å². The average Bonchev–Trinajstić information content (AvgIpc) is 1.85. The van der Waals surface area contributed by atoms with Crippen LogP contribution in [-0.2, 0) is 13.6 Å². The van der Waals surface area contributed by atoms with E-state index in [0.717, 1.165) is 0 Å².